The first kappa shape index (κ1) is 19.7. The quantitative estimate of drug-likeness (QED) is 0.637. The maximum absolute atomic E-state index is 13.5. The molecule has 3 aromatic rings. The van der Waals surface area contributed by atoms with Crippen molar-refractivity contribution in [3.63, 3.8) is 0 Å². The number of halogens is 1. The number of amides is 1. The molecule has 0 aliphatic heterocycles. The Labute approximate surface area is 166 Å². The Morgan fingerprint density at radius 1 is 1.18 bits per heavy atom. The highest BCUT2D eigenvalue weighted by Crippen LogP contribution is 2.24. The lowest BCUT2D eigenvalue weighted by atomic mass is 10.1. The first-order valence-electron chi connectivity index (χ1n) is 8.64. The lowest BCUT2D eigenvalue weighted by Gasteiger charge is -2.09. The fourth-order valence-electron chi connectivity index (χ4n) is 2.55. The van der Waals surface area contributed by atoms with Gasteiger partial charge in [-0.25, -0.2) is 9.18 Å². The van der Waals surface area contributed by atoms with E-state index in [1.54, 1.807) is 49.4 Å². The molecule has 0 unspecified atom stereocenters. The molecule has 0 bridgehead atoms. The van der Waals surface area contributed by atoms with Gasteiger partial charge in [0.25, 0.3) is 5.91 Å². The molecule has 0 radical (unpaired) electrons. The van der Waals surface area contributed by atoms with Gasteiger partial charge >= 0.3 is 5.97 Å². The van der Waals surface area contributed by atoms with Crippen LogP contribution in [0.2, 0.25) is 0 Å². The number of pyridine rings is 1. The molecule has 0 spiro atoms. The van der Waals surface area contributed by atoms with Crippen LogP contribution in [0.4, 0.5) is 4.39 Å². The van der Waals surface area contributed by atoms with Gasteiger partial charge in [-0.05, 0) is 54.6 Å². The summed E-state index contributed by atoms with van der Waals surface area (Å²) in [5, 5.41) is 4.55. The van der Waals surface area contributed by atoms with Gasteiger partial charge in [-0.15, -0.1) is 11.3 Å². The number of carbonyl (C=O) groups excluding carboxylic acids is 2. The maximum atomic E-state index is 13.5. The van der Waals surface area contributed by atoms with E-state index in [1.807, 2.05) is 17.5 Å². The van der Waals surface area contributed by atoms with Gasteiger partial charge in [0.2, 0.25) is 0 Å². The van der Waals surface area contributed by atoms with Crippen molar-refractivity contribution in [3.8, 4) is 10.6 Å². The van der Waals surface area contributed by atoms with Crippen LogP contribution in [-0.2, 0) is 16.1 Å². The molecule has 2 aromatic heterocycles. The number of aromatic nitrogens is 1. The zero-order valence-electron chi connectivity index (χ0n) is 15.5. The Bertz CT molecular complexity index is 1000. The summed E-state index contributed by atoms with van der Waals surface area (Å²) in [7, 11) is 0. The van der Waals surface area contributed by atoms with Crippen molar-refractivity contribution in [3.05, 3.63) is 76.0 Å². The van der Waals surface area contributed by atoms with E-state index >= 15 is 0 Å². The second-order valence-electron chi connectivity index (χ2n) is 6.24. The van der Waals surface area contributed by atoms with E-state index in [2.05, 4.69) is 10.3 Å². The van der Waals surface area contributed by atoms with E-state index in [1.165, 1.54) is 6.07 Å². The largest absolute Gasteiger partial charge is 0.452 e. The third kappa shape index (κ3) is 4.80. The van der Waals surface area contributed by atoms with Crippen molar-refractivity contribution in [2.45, 2.75) is 20.4 Å². The second kappa shape index (κ2) is 8.75. The molecule has 0 saturated carbocycles. The van der Waals surface area contributed by atoms with E-state index in [0.29, 0.717) is 22.4 Å². The first-order valence-corrected chi connectivity index (χ1v) is 9.52. The fourth-order valence-corrected chi connectivity index (χ4v) is 3.24. The van der Waals surface area contributed by atoms with Crippen molar-refractivity contribution in [1.29, 1.82) is 0 Å². The molecular formula is C21H19FN2O3S. The highest BCUT2D eigenvalue weighted by Gasteiger charge is 2.15. The van der Waals surface area contributed by atoms with E-state index in [4.69, 9.17) is 4.74 Å². The lowest BCUT2D eigenvalue weighted by Crippen LogP contribution is -2.28. The van der Waals surface area contributed by atoms with Crippen LogP contribution < -0.4 is 5.32 Å². The normalized spacial score (nSPS) is 10.5. The van der Waals surface area contributed by atoms with Gasteiger partial charge in [0.1, 0.15) is 5.82 Å². The molecule has 144 valence electrons. The zero-order valence-corrected chi connectivity index (χ0v) is 16.3. The molecule has 7 heteroatoms. The highest BCUT2D eigenvalue weighted by molar-refractivity contribution is 7.13. The summed E-state index contributed by atoms with van der Waals surface area (Å²) in [6.45, 7) is 3.13. The number of hydrogen-bond acceptors (Lipinski definition) is 5. The Balaban J connectivity index is 1.53. The minimum atomic E-state index is -0.612. The molecule has 1 N–H and O–H groups in total. The highest BCUT2D eigenvalue weighted by atomic mass is 32.1. The van der Waals surface area contributed by atoms with Gasteiger partial charge < -0.3 is 10.1 Å². The predicted octanol–water partition coefficient (Wildman–Crippen LogP) is 4.04. The number of ether oxygens (including phenoxy) is 1. The standard InChI is InChI=1S/C21H19FN2O3S/c1-13-5-6-15(10-17(13)22)11-23-20(25)12-27-21(26)16-7-8-18(24-14(16)2)19-4-3-9-28-19/h3-10H,11-12H2,1-2H3,(H,23,25). The number of carbonyl (C=O) groups is 2. The summed E-state index contributed by atoms with van der Waals surface area (Å²) in [5.41, 5.74) is 2.80. The van der Waals surface area contributed by atoms with Crippen molar-refractivity contribution < 1.29 is 18.7 Å². The Morgan fingerprint density at radius 2 is 2.00 bits per heavy atom. The molecule has 5 nitrogen and oxygen atoms in total. The summed E-state index contributed by atoms with van der Waals surface area (Å²) in [4.78, 5) is 29.6. The Hall–Kier alpha value is -3.06. The Kier molecular flexibility index (Phi) is 6.16. The molecule has 1 aromatic carbocycles. The molecule has 0 aliphatic rings. The van der Waals surface area contributed by atoms with Crippen molar-refractivity contribution >= 4 is 23.2 Å². The minimum Gasteiger partial charge on any atom is -0.452 e. The van der Waals surface area contributed by atoms with Crippen molar-refractivity contribution in [2.24, 2.45) is 0 Å². The van der Waals surface area contributed by atoms with Gasteiger partial charge in [0.05, 0.1) is 21.8 Å². The maximum Gasteiger partial charge on any atom is 0.340 e. The molecular weight excluding hydrogens is 379 g/mol. The molecule has 0 saturated heterocycles. The third-order valence-corrected chi connectivity index (χ3v) is 5.03. The third-order valence-electron chi connectivity index (χ3n) is 4.14. The first-order chi connectivity index (χ1) is 13.4. The Morgan fingerprint density at radius 3 is 2.68 bits per heavy atom. The van der Waals surface area contributed by atoms with Crippen LogP contribution in [0.1, 0.15) is 27.2 Å². The molecule has 0 atom stereocenters. The number of hydrogen-bond donors (Lipinski definition) is 1. The van der Waals surface area contributed by atoms with Gasteiger partial charge in [-0.2, -0.15) is 0 Å². The summed E-state index contributed by atoms with van der Waals surface area (Å²) < 4.78 is 18.6. The minimum absolute atomic E-state index is 0.156. The zero-order chi connectivity index (χ0) is 20.1. The van der Waals surface area contributed by atoms with Crippen LogP contribution in [-0.4, -0.2) is 23.5 Å². The van der Waals surface area contributed by atoms with Crippen LogP contribution in [0, 0.1) is 19.7 Å². The van der Waals surface area contributed by atoms with Crippen LogP contribution in [0.25, 0.3) is 10.6 Å². The average Bonchev–Trinajstić information content (AvgIpc) is 3.21. The topological polar surface area (TPSA) is 68.3 Å². The van der Waals surface area contributed by atoms with Crippen molar-refractivity contribution in [1.82, 2.24) is 10.3 Å². The number of benzene rings is 1. The van der Waals surface area contributed by atoms with Crippen LogP contribution in [0.5, 0.6) is 0 Å². The van der Waals surface area contributed by atoms with Gasteiger partial charge in [0.15, 0.2) is 6.61 Å². The smallest absolute Gasteiger partial charge is 0.340 e. The predicted molar refractivity (Wildman–Crippen MR) is 106 cm³/mol. The van der Waals surface area contributed by atoms with Gasteiger partial charge in [0, 0.05) is 6.54 Å². The molecule has 1 amide bonds. The van der Waals surface area contributed by atoms with Crippen LogP contribution >= 0.6 is 11.3 Å². The average molecular weight is 398 g/mol. The summed E-state index contributed by atoms with van der Waals surface area (Å²) in [5.74, 6) is -1.40. The van der Waals surface area contributed by atoms with Crippen molar-refractivity contribution in [2.75, 3.05) is 6.61 Å². The van der Waals surface area contributed by atoms with E-state index < -0.39 is 18.5 Å². The van der Waals surface area contributed by atoms with Gasteiger partial charge in [-0.1, -0.05) is 18.2 Å². The van der Waals surface area contributed by atoms with E-state index in [-0.39, 0.29) is 12.4 Å². The summed E-state index contributed by atoms with van der Waals surface area (Å²) in [6, 6.07) is 12.0. The van der Waals surface area contributed by atoms with Gasteiger partial charge in [-0.3, -0.25) is 9.78 Å². The lowest BCUT2D eigenvalue weighted by molar-refractivity contribution is -0.124. The number of rotatable bonds is 6. The number of thiophene rings is 1. The number of aryl methyl sites for hydroxylation is 2. The van der Waals surface area contributed by atoms with E-state index in [0.717, 1.165) is 10.6 Å². The van der Waals surface area contributed by atoms with Crippen LogP contribution in [0.15, 0.2) is 47.8 Å². The molecule has 0 fully saturated rings. The molecule has 2 heterocycles. The molecule has 28 heavy (non-hydrogen) atoms. The fraction of sp³-hybridized carbons (Fsp3) is 0.190. The summed E-state index contributed by atoms with van der Waals surface area (Å²) >= 11 is 1.56. The SMILES string of the molecule is Cc1ccc(CNC(=O)COC(=O)c2ccc(-c3cccs3)nc2C)cc1F. The summed E-state index contributed by atoms with van der Waals surface area (Å²) in [6.07, 6.45) is 0. The van der Waals surface area contributed by atoms with Crippen LogP contribution in [0.3, 0.4) is 0 Å². The molecule has 0 aliphatic carbocycles. The number of esters is 1. The molecule has 3 rings (SSSR count). The second-order valence-corrected chi connectivity index (χ2v) is 7.19. The monoisotopic (exact) mass is 398 g/mol. The van der Waals surface area contributed by atoms with E-state index in [9.17, 15) is 14.0 Å². The number of nitrogens with one attached hydrogen (secondary N) is 1. The number of nitrogens with zero attached hydrogens (tertiary/aromatic N) is 1.